The second-order valence-electron chi connectivity index (χ2n) is 4.54. The van der Waals surface area contributed by atoms with Gasteiger partial charge in [-0.1, -0.05) is 48.0 Å². The van der Waals surface area contributed by atoms with Crippen molar-refractivity contribution < 1.29 is 4.79 Å². The second kappa shape index (κ2) is 4.22. The molecule has 1 heterocycles. The molecule has 2 aromatic carbocycles. The Morgan fingerprint density at radius 1 is 1.06 bits per heavy atom. The molecule has 1 unspecified atom stereocenters. The normalized spacial score (nSPS) is 17.2. The van der Waals surface area contributed by atoms with E-state index in [9.17, 15) is 4.79 Å². The highest BCUT2D eigenvalue weighted by Crippen LogP contribution is 2.36. The Labute approximate surface area is 106 Å². The van der Waals surface area contributed by atoms with Gasteiger partial charge < -0.3 is 4.79 Å². The van der Waals surface area contributed by atoms with Crippen LogP contribution in [0.3, 0.4) is 0 Å². The number of aldehydes is 1. The van der Waals surface area contributed by atoms with Crippen LogP contribution >= 0.6 is 0 Å². The fraction of sp³-hybridized carbons (Fsp3) is 0.125. The molecule has 1 aliphatic rings. The molecule has 1 atom stereocenters. The molecule has 3 rings (SSSR count). The molecule has 0 bridgehead atoms. The Morgan fingerprint density at radius 3 is 2.50 bits per heavy atom. The van der Waals surface area contributed by atoms with E-state index in [-0.39, 0.29) is 5.92 Å². The van der Waals surface area contributed by atoms with E-state index in [4.69, 9.17) is 0 Å². The molecule has 2 heteroatoms. The van der Waals surface area contributed by atoms with Gasteiger partial charge in [0.15, 0.2) is 0 Å². The van der Waals surface area contributed by atoms with Crippen molar-refractivity contribution in [3.05, 3.63) is 65.2 Å². The van der Waals surface area contributed by atoms with Gasteiger partial charge in [-0.3, -0.25) is 4.99 Å². The molecule has 0 aliphatic carbocycles. The van der Waals surface area contributed by atoms with Gasteiger partial charge in [-0.05, 0) is 24.1 Å². The Hall–Kier alpha value is -2.22. The van der Waals surface area contributed by atoms with Crippen molar-refractivity contribution >= 4 is 17.7 Å². The topological polar surface area (TPSA) is 29.4 Å². The summed E-state index contributed by atoms with van der Waals surface area (Å²) in [5, 5.41) is 0. The summed E-state index contributed by atoms with van der Waals surface area (Å²) in [7, 11) is 0. The second-order valence-corrected chi connectivity index (χ2v) is 4.54. The fourth-order valence-electron chi connectivity index (χ4n) is 2.31. The number of aliphatic imine (C=N–C) groups is 1. The van der Waals surface area contributed by atoms with Gasteiger partial charge in [0.1, 0.15) is 6.29 Å². The Balaban J connectivity index is 2.09. The summed E-state index contributed by atoms with van der Waals surface area (Å²) in [4.78, 5) is 15.9. The lowest BCUT2D eigenvalue weighted by atomic mass is 9.93. The monoisotopic (exact) mass is 235 g/mol. The van der Waals surface area contributed by atoms with Crippen LogP contribution in [0.4, 0.5) is 5.69 Å². The van der Waals surface area contributed by atoms with Crippen LogP contribution in [0, 0.1) is 6.92 Å². The molecule has 18 heavy (non-hydrogen) atoms. The van der Waals surface area contributed by atoms with Crippen LogP contribution in [0.15, 0.2) is 53.5 Å². The molecule has 2 aromatic rings. The van der Waals surface area contributed by atoms with Gasteiger partial charge in [0.25, 0.3) is 0 Å². The van der Waals surface area contributed by atoms with E-state index < -0.39 is 0 Å². The molecule has 0 fully saturated rings. The number of rotatable bonds is 2. The van der Waals surface area contributed by atoms with E-state index >= 15 is 0 Å². The van der Waals surface area contributed by atoms with Crippen LogP contribution in [-0.2, 0) is 4.79 Å². The predicted octanol–water partition coefficient (Wildman–Crippen LogP) is 3.41. The van der Waals surface area contributed by atoms with Crippen molar-refractivity contribution in [3.63, 3.8) is 0 Å². The maximum atomic E-state index is 11.3. The minimum absolute atomic E-state index is 0.232. The first kappa shape index (κ1) is 10.9. The highest BCUT2D eigenvalue weighted by atomic mass is 16.1. The molecule has 0 amide bonds. The summed E-state index contributed by atoms with van der Waals surface area (Å²) in [5.41, 5.74) is 4.99. The average Bonchev–Trinajstić information content (AvgIpc) is 2.78. The molecule has 0 aromatic heterocycles. The van der Waals surface area contributed by atoms with E-state index in [1.54, 1.807) is 0 Å². The number of para-hydroxylation sites is 1. The van der Waals surface area contributed by atoms with Crippen LogP contribution in [0.5, 0.6) is 0 Å². The largest absolute Gasteiger partial charge is 0.302 e. The zero-order valence-corrected chi connectivity index (χ0v) is 10.1. The van der Waals surface area contributed by atoms with Gasteiger partial charge in [-0.25, -0.2) is 0 Å². The molecule has 0 saturated carbocycles. The number of benzene rings is 2. The zero-order chi connectivity index (χ0) is 12.5. The average molecular weight is 235 g/mol. The summed E-state index contributed by atoms with van der Waals surface area (Å²) in [6.07, 6.45) is 0.977. The van der Waals surface area contributed by atoms with Crippen molar-refractivity contribution in [2.24, 2.45) is 4.99 Å². The molecule has 0 radical (unpaired) electrons. The number of carbonyl (C=O) groups excluding carboxylic acids is 1. The number of hydrogen-bond acceptors (Lipinski definition) is 2. The SMILES string of the molecule is Cc1ccc(C2=Nc3ccccc3C2C=O)cc1. The summed E-state index contributed by atoms with van der Waals surface area (Å²) < 4.78 is 0. The Bertz CT molecular complexity index is 626. The summed E-state index contributed by atoms with van der Waals surface area (Å²) >= 11 is 0. The third-order valence-corrected chi connectivity index (χ3v) is 3.29. The van der Waals surface area contributed by atoms with Crippen LogP contribution in [0.25, 0.3) is 0 Å². The van der Waals surface area contributed by atoms with Gasteiger partial charge in [-0.2, -0.15) is 0 Å². The van der Waals surface area contributed by atoms with Crippen molar-refractivity contribution in [1.29, 1.82) is 0 Å². The third-order valence-electron chi connectivity index (χ3n) is 3.29. The number of aryl methyl sites for hydroxylation is 1. The highest BCUT2D eigenvalue weighted by Gasteiger charge is 2.27. The van der Waals surface area contributed by atoms with E-state index in [0.29, 0.717) is 0 Å². The minimum Gasteiger partial charge on any atom is -0.302 e. The molecular formula is C16H13NO. The van der Waals surface area contributed by atoms with E-state index in [1.165, 1.54) is 5.56 Å². The lowest BCUT2D eigenvalue weighted by Crippen LogP contribution is -2.11. The molecule has 1 aliphatic heterocycles. The summed E-state index contributed by atoms with van der Waals surface area (Å²) in [5.74, 6) is -0.232. The number of carbonyl (C=O) groups is 1. The highest BCUT2D eigenvalue weighted by molar-refractivity contribution is 6.16. The summed E-state index contributed by atoms with van der Waals surface area (Å²) in [6, 6.07) is 16.0. The van der Waals surface area contributed by atoms with Crippen LogP contribution < -0.4 is 0 Å². The van der Waals surface area contributed by atoms with Crippen LogP contribution in [0.1, 0.15) is 22.6 Å². The third kappa shape index (κ3) is 1.66. The molecule has 0 spiro atoms. The Morgan fingerprint density at radius 2 is 1.78 bits per heavy atom. The van der Waals surface area contributed by atoms with Gasteiger partial charge in [0.2, 0.25) is 0 Å². The van der Waals surface area contributed by atoms with Gasteiger partial charge >= 0.3 is 0 Å². The van der Waals surface area contributed by atoms with Crippen LogP contribution in [0.2, 0.25) is 0 Å². The summed E-state index contributed by atoms with van der Waals surface area (Å²) in [6.45, 7) is 2.05. The maximum absolute atomic E-state index is 11.3. The van der Waals surface area contributed by atoms with Gasteiger partial charge in [0.05, 0.1) is 17.3 Å². The van der Waals surface area contributed by atoms with Crippen molar-refractivity contribution in [2.45, 2.75) is 12.8 Å². The number of fused-ring (bicyclic) bond motifs is 1. The minimum atomic E-state index is -0.232. The van der Waals surface area contributed by atoms with Gasteiger partial charge in [-0.15, -0.1) is 0 Å². The first-order valence-electron chi connectivity index (χ1n) is 5.99. The van der Waals surface area contributed by atoms with E-state index in [2.05, 4.69) is 4.99 Å². The Kier molecular flexibility index (Phi) is 2.56. The van der Waals surface area contributed by atoms with Gasteiger partial charge in [0, 0.05) is 0 Å². The fourth-order valence-corrected chi connectivity index (χ4v) is 2.31. The molecular weight excluding hydrogens is 222 g/mol. The molecule has 0 saturated heterocycles. The maximum Gasteiger partial charge on any atom is 0.133 e. The van der Waals surface area contributed by atoms with E-state index in [1.807, 2.05) is 55.5 Å². The first-order chi connectivity index (χ1) is 8.79. The predicted molar refractivity (Wildman–Crippen MR) is 72.6 cm³/mol. The number of hydrogen-bond donors (Lipinski definition) is 0. The lowest BCUT2D eigenvalue weighted by Gasteiger charge is -2.07. The first-order valence-corrected chi connectivity index (χ1v) is 5.99. The zero-order valence-electron chi connectivity index (χ0n) is 10.1. The molecule has 2 nitrogen and oxygen atoms in total. The number of nitrogens with zero attached hydrogens (tertiary/aromatic N) is 1. The van der Waals surface area contributed by atoms with Crippen molar-refractivity contribution in [3.8, 4) is 0 Å². The van der Waals surface area contributed by atoms with Crippen molar-refractivity contribution in [1.82, 2.24) is 0 Å². The van der Waals surface area contributed by atoms with Crippen molar-refractivity contribution in [2.75, 3.05) is 0 Å². The smallest absolute Gasteiger partial charge is 0.133 e. The van der Waals surface area contributed by atoms with E-state index in [0.717, 1.165) is 28.8 Å². The van der Waals surface area contributed by atoms with Crippen LogP contribution in [-0.4, -0.2) is 12.0 Å². The quantitative estimate of drug-likeness (QED) is 0.733. The standard InChI is InChI=1S/C16H13NO/c1-11-6-8-12(9-7-11)16-14(10-18)13-4-2-3-5-15(13)17-16/h2-10,14H,1H3. The molecule has 88 valence electrons. The lowest BCUT2D eigenvalue weighted by molar-refractivity contribution is -0.107. The molecule has 0 N–H and O–H groups in total.